The van der Waals surface area contributed by atoms with Crippen molar-refractivity contribution in [2.75, 3.05) is 13.2 Å². The predicted molar refractivity (Wildman–Crippen MR) is 65.8 cm³/mol. The van der Waals surface area contributed by atoms with Crippen LogP contribution in [0.2, 0.25) is 0 Å². The van der Waals surface area contributed by atoms with Crippen LogP contribution in [-0.2, 0) is 23.9 Å². The Kier molecular flexibility index (Phi) is 7.24. The van der Waals surface area contributed by atoms with E-state index in [1.807, 2.05) is 27.7 Å². The first-order chi connectivity index (χ1) is 8.25. The molecule has 18 heavy (non-hydrogen) atoms. The second-order valence-electron chi connectivity index (χ2n) is 5.09. The van der Waals surface area contributed by atoms with E-state index in [1.165, 1.54) is 6.92 Å². The molecule has 0 aliphatic carbocycles. The number of hydrogen-bond donors (Lipinski definition) is 0. The number of esters is 2. The third-order valence-corrected chi connectivity index (χ3v) is 2.00. The van der Waals surface area contributed by atoms with Gasteiger partial charge in [0.15, 0.2) is 5.78 Å². The number of ether oxygens (including phenoxy) is 2. The smallest absolute Gasteiger partial charge is 0.328 e. The number of carbonyl (C=O) groups excluding carboxylic acids is 3. The molecule has 0 rings (SSSR count). The van der Waals surface area contributed by atoms with Gasteiger partial charge in [-0.1, -0.05) is 27.7 Å². The van der Waals surface area contributed by atoms with E-state index in [2.05, 4.69) is 0 Å². The summed E-state index contributed by atoms with van der Waals surface area (Å²) in [5.41, 5.74) is 0. The standard InChI is InChI=1S/C13H22O5/c1-8(2)6-17-12(15)11(10(5)14)13(16)18-7-9(3)4/h8-9,11H,6-7H2,1-5H3. The SMILES string of the molecule is CC(=O)C(C(=O)OCC(C)C)C(=O)OCC(C)C. The van der Waals surface area contributed by atoms with Gasteiger partial charge >= 0.3 is 11.9 Å². The summed E-state index contributed by atoms with van der Waals surface area (Å²) in [6.45, 7) is 9.01. The fourth-order valence-electron chi connectivity index (χ4n) is 1.09. The van der Waals surface area contributed by atoms with E-state index in [0.717, 1.165) is 0 Å². The van der Waals surface area contributed by atoms with Crippen LogP contribution in [0.1, 0.15) is 34.6 Å². The molecule has 0 N–H and O–H groups in total. The van der Waals surface area contributed by atoms with Crippen LogP contribution in [0.5, 0.6) is 0 Å². The minimum Gasteiger partial charge on any atom is -0.464 e. The molecule has 5 heteroatoms. The Balaban J connectivity index is 4.50. The van der Waals surface area contributed by atoms with E-state index in [1.54, 1.807) is 0 Å². The van der Waals surface area contributed by atoms with E-state index >= 15 is 0 Å². The molecule has 0 heterocycles. The molecule has 0 spiro atoms. The first kappa shape index (κ1) is 16.6. The van der Waals surface area contributed by atoms with Crippen LogP contribution >= 0.6 is 0 Å². The van der Waals surface area contributed by atoms with Gasteiger partial charge in [-0.15, -0.1) is 0 Å². The van der Waals surface area contributed by atoms with Crippen LogP contribution in [-0.4, -0.2) is 30.9 Å². The molecule has 0 aliphatic rings. The van der Waals surface area contributed by atoms with E-state index < -0.39 is 23.6 Å². The minimum atomic E-state index is -1.46. The quantitative estimate of drug-likeness (QED) is 0.512. The lowest BCUT2D eigenvalue weighted by atomic mass is 10.1. The van der Waals surface area contributed by atoms with E-state index in [9.17, 15) is 14.4 Å². The first-order valence-electron chi connectivity index (χ1n) is 6.09. The van der Waals surface area contributed by atoms with Crippen molar-refractivity contribution < 1.29 is 23.9 Å². The number of carbonyl (C=O) groups is 3. The van der Waals surface area contributed by atoms with Gasteiger partial charge in [0.25, 0.3) is 0 Å². The molecular formula is C13H22O5. The number of hydrogen-bond acceptors (Lipinski definition) is 5. The maximum Gasteiger partial charge on any atom is 0.328 e. The summed E-state index contributed by atoms with van der Waals surface area (Å²) in [5.74, 6) is -3.38. The van der Waals surface area contributed by atoms with Gasteiger partial charge in [0.05, 0.1) is 13.2 Å². The lowest BCUT2D eigenvalue weighted by Gasteiger charge is -2.14. The topological polar surface area (TPSA) is 69.7 Å². The van der Waals surface area contributed by atoms with Gasteiger partial charge in [0.2, 0.25) is 5.92 Å². The Bertz CT molecular complexity index is 283. The number of ketones is 1. The molecule has 0 unspecified atom stereocenters. The molecule has 0 aromatic rings. The van der Waals surface area contributed by atoms with Crippen molar-refractivity contribution in [1.82, 2.24) is 0 Å². The van der Waals surface area contributed by atoms with E-state index in [4.69, 9.17) is 9.47 Å². The second kappa shape index (κ2) is 7.84. The number of Topliss-reactive ketones (excluding diaryl/α,β-unsaturated/α-hetero) is 1. The molecule has 0 saturated heterocycles. The summed E-state index contributed by atoms with van der Waals surface area (Å²) in [6.07, 6.45) is 0. The second-order valence-corrected chi connectivity index (χ2v) is 5.09. The Labute approximate surface area is 108 Å². The molecule has 0 bridgehead atoms. The highest BCUT2D eigenvalue weighted by Crippen LogP contribution is 2.08. The van der Waals surface area contributed by atoms with Crippen LogP contribution < -0.4 is 0 Å². The molecular weight excluding hydrogens is 236 g/mol. The lowest BCUT2D eigenvalue weighted by Crippen LogP contribution is -2.34. The van der Waals surface area contributed by atoms with E-state index in [-0.39, 0.29) is 25.0 Å². The van der Waals surface area contributed by atoms with Gasteiger partial charge < -0.3 is 9.47 Å². The van der Waals surface area contributed by atoms with Crippen LogP contribution in [0.25, 0.3) is 0 Å². The van der Waals surface area contributed by atoms with Crippen molar-refractivity contribution in [3.8, 4) is 0 Å². The molecule has 0 aromatic heterocycles. The van der Waals surface area contributed by atoms with Crippen molar-refractivity contribution in [2.45, 2.75) is 34.6 Å². The highest BCUT2D eigenvalue weighted by atomic mass is 16.6. The van der Waals surface area contributed by atoms with Gasteiger partial charge in [-0.2, -0.15) is 0 Å². The zero-order chi connectivity index (χ0) is 14.3. The molecule has 5 nitrogen and oxygen atoms in total. The monoisotopic (exact) mass is 258 g/mol. The lowest BCUT2D eigenvalue weighted by molar-refractivity contribution is -0.165. The van der Waals surface area contributed by atoms with E-state index in [0.29, 0.717) is 0 Å². The van der Waals surface area contributed by atoms with Crippen molar-refractivity contribution in [3.63, 3.8) is 0 Å². The molecule has 0 radical (unpaired) electrons. The third-order valence-electron chi connectivity index (χ3n) is 2.00. The van der Waals surface area contributed by atoms with Crippen molar-refractivity contribution in [3.05, 3.63) is 0 Å². The van der Waals surface area contributed by atoms with Gasteiger partial charge in [0.1, 0.15) is 0 Å². The van der Waals surface area contributed by atoms with Crippen LogP contribution in [0, 0.1) is 17.8 Å². The molecule has 0 saturated carbocycles. The molecule has 104 valence electrons. The average Bonchev–Trinajstić information content (AvgIpc) is 2.23. The summed E-state index contributed by atoms with van der Waals surface area (Å²) in [4.78, 5) is 34.6. The summed E-state index contributed by atoms with van der Waals surface area (Å²) in [5, 5.41) is 0. The highest BCUT2D eigenvalue weighted by Gasteiger charge is 2.34. The summed E-state index contributed by atoms with van der Waals surface area (Å²) in [7, 11) is 0. The summed E-state index contributed by atoms with van der Waals surface area (Å²) < 4.78 is 9.79. The fraction of sp³-hybridized carbons (Fsp3) is 0.769. The van der Waals surface area contributed by atoms with Crippen molar-refractivity contribution >= 4 is 17.7 Å². The van der Waals surface area contributed by atoms with Gasteiger partial charge in [0, 0.05) is 0 Å². The Morgan fingerprint density at radius 2 is 1.17 bits per heavy atom. The molecule has 0 aliphatic heterocycles. The maximum atomic E-state index is 11.6. The van der Waals surface area contributed by atoms with Gasteiger partial charge in [-0.3, -0.25) is 14.4 Å². The van der Waals surface area contributed by atoms with Crippen molar-refractivity contribution in [2.24, 2.45) is 17.8 Å². The Morgan fingerprint density at radius 3 is 1.39 bits per heavy atom. The largest absolute Gasteiger partial charge is 0.464 e. The highest BCUT2D eigenvalue weighted by molar-refractivity contribution is 6.14. The zero-order valence-corrected chi connectivity index (χ0v) is 11.7. The van der Waals surface area contributed by atoms with Gasteiger partial charge in [-0.05, 0) is 18.8 Å². The van der Waals surface area contributed by atoms with Gasteiger partial charge in [-0.25, -0.2) is 0 Å². The molecule has 0 amide bonds. The maximum absolute atomic E-state index is 11.6. The zero-order valence-electron chi connectivity index (χ0n) is 11.7. The predicted octanol–water partition coefficient (Wildman–Crippen LogP) is 1.59. The Morgan fingerprint density at radius 1 is 0.833 bits per heavy atom. The normalized spacial score (nSPS) is 10.9. The molecule has 0 fully saturated rings. The molecule has 0 aromatic carbocycles. The third kappa shape index (κ3) is 6.37. The minimum absolute atomic E-state index is 0.147. The van der Waals surface area contributed by atoms with Crippen LogP contribution in [0.4, 0.5) is 0 Å². The summed E-state index contributed by atoms with van der Waals surface area (Å²) in [6, 6.07) is 0. The average molecular weight is 258 g/mol. The Hall–Kier alpha value is -1.39. The molecule has 0 atom stereocenters. The number of rotatable bonds is 7. The fourth-order valence-corrected chi connectivity index (χ4v) is 1.09. The van der Waals surface area contributed by atoms with Crippen LogP contribution in [0.3, 0.4) is 0 Å². The summed E-state index contributed by atoms with van der Waals surface area (Å²) >= 11 is 0. The van der Waals surface area contributed by atoms with Crippen molar-refractivity contribution in [1.29, 1.82) is 0 Å². The van der Waals surface area contributed by atoms with Crippen LogP contribution in [0.15, 0.2) is 0 Å². The first-order valence-corrected chi connectivity index (χ1v) is 6.09.